The van der Waals surface area contributed by atoms with Crippen molar-refractivity contribution in [2.45, 2.75) is 41.5 Å². The minimum Gasteiger partial charge on any atom is -0.192 e. The van der Waals surface area contributed by atoms with Crippen molar-refractivity contribution >= 4 is 21.6 Å². The Morgan fingerprint density at radius 2 is 1.23 bits per heavy atom. The lowest BCUT2D eigenvalue weighted by Gasteiger charge is -2.07. The first-order valence-corrected chi connectivity index (χ1v) is 10.6. The molecule has 0 amide bonds. The summed E-state index contributed by atoms with van der Waals surface area (Å²) in [7, 11) is 2.84. The van der Waals surface area contributed by atoms with Gasteiger partial charge in [0.15, 0.2) is 0 Å². The second kappa shape index (κ2) is 22.9. The molecule has 0 heterocycles. The van der Waals surface area contributed by atoms with Crippen LogP contribution in [0.3, 0.4) is 0 Å². The molecule has 0 bridgehead atoms. The van der Waals surface area contributed by atoms with Crippen LogP contribution in [-0.2, 0) is 0 Å². The maximum atomic E-state index is 9.21. The van der Waals surface area contributed by atoms with Crippen molar-refractivity contribution in [3.8, 4) is 12.1 Å². The number of allylic oxidation sites excluding steroid dienone is 10. The van der Waals surface area contributed by atoms with Gasteiger partial charge in [-0.1, -0.05) is 92.8 Å². The maximum absolute atomic E-state index is 9.21. The molecule has 0 aromatic carbocycles. The van der Waals surface area contributed by atoms with Crippen LogP contribution in [0.25, 0.3) is 0 Å². The Balaban J connectivity index is -0.00000123. The average molecular weight is 387 g/mol. The predicted octanol–water partition coefficient (Wildman–Crippen LogP) is 8.06. The van der Waals surface area contributed by atoms with Gasteiger partial charge in [-0.15, -0.1) is 0 Å². The van der Waals surface area contributed by atoms with E-state index in [1.807, 2.05) is 59.8 Å². The van der Waals surface area contributed by atoms with Gasteiger partial charge in [-0.2, -0.15) is 10.5 Å². The number of nitrogens with zero attached hydrogens (tertiary/aromatic N) is 2. The monoisotopic (exact) mass is 386 g/mol. The first kappa shape index (κ1) is 28.7. The quantitative estimate of drug-likeness (QED) is 0.240. The zero-order chi connectivity index (χ0) is 20.8. The summed E-state index contributed by atoms with van der Waals surface area (Å²) >= 11 is 0. The molecule has 0 spiro atoms. The standard InChI is InChI=1S/C18H18N2S2.2C2H6/c1-5-9-12-18(15(8-4)13-19)22-21-17(11-7-3)16(14-20)10-6-2;2*1-2/h5-12H,2-3H2,1,4H3;2*1-2H3/b9-5-,15-8-,16-10-,17-11+,18-12+;;. The summed E-state index contributed by atoms with van der Waals surface area (Å²) in [4.78, 5) is 1.60. The number of hydrogen-bond donors (Lipinski definition) is 0. The predicted molar refractivity (Wildman–Crippen MR) is 122 cm³/mol. The molecule has 0 aromatic heterocycles. The highest BCUT2D eigenvalue weighted by molar-refractivity contribution is 8.79. The summed E-state index contributed by atoms with van der Waals surface area (Å²) in [6.07, 6.45) is 14.1. The van der Waals surface area contributed by atoms with E-state index in [2.05, 4.69) is 25.3 Å². The Morgan fingerprint density at radius 3 is 1.58 bits per heavy atom. The first-order chi connectivity index (χ1) is 12.7. The third-order valence-electron chi connectivity index (χ3n) is 2.28. The SMILES string of the molecule is C=C/C=C(C#N)\C(=C/C=C)SSC(=C/C=C\C)/C(C#N)=C\C.CC.CC. The lowest BCUT2D eigenvalue weighted by Crippen LogP contribution is -1.83. The number of hydrogen-bond acceptors (Lipinski definition) is 4. The van der Waals surface area contributed by atoms with E-state index in [0.29, 0.717) is 11.1 Å². The van der Waals surface area contributed by atoms with E-state index in [0.717, 1.165) is 9.81 Å². The van der Waals surface area contributed by atoms with Gasteiger partial charge in [-0.05, 0) is 32.1 Å². The molecule has 0 radical (unpaired) electrons. The lowest BCUT2D eigenvalue weighted by molar-refractivity contribution is 1.47. The van der Waals surface area contributed by atoms with Gasteiger partial charge in [0.05, 0.1) is 17.2 Å². The lowest BCUT2D eigenvalue weighted by atomic mass is 10.2. The molecule has 0 atom stereocenters. The number of nitriles is 2. The van der Waals surface area contributed by atoms with Crippen molar-refractivity contribution in [2.24, 2.45) is 0 Å². The zero-order valence-corrected chi connectivity index (χ0v) is 18.4. The molecule has 0 fully saturated rings. The second-order valence-corrected chi connectivity index (χ2v) is 5.94. The van der Waals surface area contributed by atoms with Gasteiger partial charge in [0, 0.05) is 9.81 Å². The Hall–Kier alpha value is -2.14. The van der Waals surface area contributed by atoms with E-state index in [-0.39, 0.29) is 0 Å². The zero-order valence-electron chi connectivity index (χ0n) is 16.7. The van der Waals surface area contributed by atoms with Crippen molar-refractivity contribution in [3.63, 3.8) is 0 Å². The van der Waals surface area contributed by atoms with Crippen LogP contribution < -0.4 is 0 Å². The Morgan fingerprint density at radius 1 is 0.769 bits per heavy atom. The van der Waals surface area contributed by atoms with Crippen LogP contribution in [0.15, 0.2) is 82.7 Å². The maximum Gasteiger partial charge on any atom is 0.100 e. The summed E-state index contributed by atoms with van der Waals surface area (Å²) in [6.45, 7) is 19.0. The molecule has 140 valence electrons. The van der Waals surface area contributed by atoms with E-state index in [1.165, 1.54) is 21.6 Å². The molecule has 0 saturated carbocycles. The molecule has 0 aliphatic heterocycles. The molecule has 0 aliphatic carbocycles. The molecule has 0 N–H and O–H groups in total. The summed E-state index contributed by atoms with van der Waals surface area (Å²) < 4.78 is 0. The fourth-order valence-electron chi connectivity index (χ4n) is 1.26. The molecule has 0 saturated heterocycles. The van der Waals surface area contributed by atoms with Crippen LogP contribution in [0.4, 0.5) is 0 Å². The van der Waals surface area contributed by atoms with Crippen molar-refractivity contribution in [3.05, 3.63) is 82.7 Å². The normalized spacial score (nSPS) is 12.0. The van der Waals surface area contributed by atoms with E-state index < -0.39 is 0 Å². The average Bonchev–Trinajstić information content (AvgIpc) is 2.70. The summed E-state index contributed by atoms with van der Waals surface area (Å²) in [5.74, 6) is 0. The van der Waals surface area contributed by atoms with Crippen LogP contribution in [0.2, 0.25) is 0 Å². The van der Waals surface area contributed by atoms with E-state index >= 15 is 0 Å². The van der Waals surface area contributed by atoms with E-state index in [9.17, 15) is 10.5 Å². The Labute approximate surface area is 168 Å². The van der Waals surface area contributed by atoms with E-state index in [4.69, 9.17) is 0 Å². The molecular weight excluding hydrogens is 356 g/mol. The topological polar surface area (TPSA) is 47.6 Å². The first-order valence-electron chi connectivity index (χ1n) is 8.48. The molecule has 0 aliphatic rings. The third kappa shape index (κ3) is 13.2. The van der Waals surface area contributed by atoms with Crippen LogP contribution >= 0.6 is 21.6 Å². The van der Waals surface area contributed by atoms with Crippen LogP contribution in [0.5, 0.6) is 0 Å². The highest BCUT2D eigenvalue weighted by Gasteiger charge is 2.09. The summed E-state index contributed by atoms with van der Waals surface area (Å²) in [5.41, 5.74) is 1.11. The van der Waals surface area contributed by atoms with Crippen molar-refractivity contribution in [1.82, 2.24) is 0 Å². The summed E-state index contributed by atoms with van der Waals surface area (Å²) in [5, 5.41) is 18.4. The van der Waals surface area contributed by atoms with Gasteiger partial charge in [-0.25, -0.2) is 0 Å². The minimum atomic E-state index is 0.511. The number of rotatable bonds is 8. The van der Waals surface area contributed by atoms with Gasteiger partial charge in [0.2, 0.25) is 0 Å². The highest BCUT2D eigenvalue weighted by atomic mass is 33.1. The van der Waals surface area contributed by atoms with E-state index in [1.54, 1.807) is 30.4 Å². The molecule has 0 rings (SSSR count). The van der Waals surface area contributed by atoms with Gasteiger partial charge in [-0.3, -0.25) is 0 Å². The van der Waals surface area contributed by atoms with Crippen molar-refractivity contribution in [1.29, 1.82) is 10.5 Å². The Bertz CT molecular complexity index is 632. The summed E-state index contributed by atoms with van der Waals surface area (Å²) in [6, 6.07) is 4.31. The molecule has 0 aromatic rings. The van der Waals surface area contributed by atoms with Gasteiger partial charge in [0.25, 0.3) is 0 Å². The largest absolute Gasteiger partial charge is 0.192 e. The van der Waals surface area contributed by atoms with Gasteiger partial charge >= 0.3 is 0 Å². The molecule has 26 heavy (non-hydrogen) atoms. The second-order valence-electron chi connectivity index (χ2n) is 3.73. The Kier molecular flexibility index (Phi) is 25.2. The van der Waals surface area contributed by atoms with Crippen molar-refractivity contribution in [2.75, 3.05) is 0 Å². The van der Waals surface area contributed by atoms with Crippen LogP contribution in [-0.4, -0.2) is 0 Å². The third-order valence-corrected chi connectivity index (χ3v) is 4.76. The minimum absolute atomic E-state index is 0.511. The van der Waals surface area contributed by atoms with Gasteiger partial charge < -0.3 is 0 Å². The fraction of sp³-hybridized carbons (Fsp3) is 0.273. The van der Waals surface area contributed by atoms with Gasteiger partial charge in [0.1, 0.15) is 6.07 Å². The fourth-order valence-corrected chi connectivity index (χ4v) is 3.59. The highest BCUT2D eigenvalue weighted by Crippen LogP contribution is 2.42. The van der Waals surface area contributed by atoms with Crippen LogP contribution in [0, 0.1) is 22.7 Å². The molecule has 2 nitrogen and oxygen atoms in total. The molecule has 4 heteroatoms. The van der Waals surface area contributed by atoms with Crippen LogP contribution in [0.1, 0.15) is 41.5 Å². The molecular formula is C22H30N2S2. The molecule has 0 unspecified atom stereocenters. The smallest absolute Gasteiger partial charge is 0.100 e. The van der Waals surface area contributed by atoms with Crippen molar-refractivity contribution < 1.29 is 0 Å².